The summed E-state index contributed by atoms with van der Waals surface area (Å²) in [6.07, 6.45) is 7.04. The molecule has 1 heterocycles. The minimum absolute atomic E-state index is 0.0166. The molecule has 0 spiro atoms. The number of ether oxygens (including phenoxy) is 1. The van der Waals surface area contributed by atoms with Gasteiger partial charge in [0, 0.05) is 18.4 Å². The van der Waals surface area contributed by atoms with Crippen LogP contribution in [-0.4, -0.2) is 11.6 Å². The smallest absolute Gasteiger partial charge is 0.123 e. The van der Waals surface area contributed by atoms with Crippen LogP contribution in [0.3, 0.4) is 0 Å². The van der Waals surface area contributed by atoms with Crippen molar-refractivity contribution in [2.75, 3.05) is 0 Å². The standard InChI is InChI=1S/C18H27NO/c1-13-4-5-16-14(10-13)11-15(20-16)12-18(19)8-6-17(2,3)7-9-18/h4-5,10,15H,6-9,11-12,19H2,1-3H3. The van der Waals surface area contributed by atoms with Crippen LogP contribution in [0, 0.1) is 12.3 Å². The summed E-state index contributed by atoms with van der Waals surface area (Å²) in [5.41, 5.74) is 9.77. The van der Waals surface area contributed by atoms with Gasteiger partial charge in [0.1, 0.15) is 11.9 Å². The molecule has 0 amide bonds. The first-order valence-corrected chi connectivity index (χ1v) is 7.90. The van der Waals surface area contributed by atoms with Crippen LogP contribution in [0.1, 0.15) is 57.1 Å². The minimum atomic E-state index is -0.0166. The van der Waals surface area contributed by atoms with Crippen LogP contribution in [0.4, 0.5) is 0 Å². The third kappa shape index (κ3) is 2.85. The van der Waals surface area contributed by atoms with Gasteiger partial charge >= 0.3 is 0 Å². The number of fused-ring (bicyclic) bond motifs is 1. The van der Waals surface area contributed by atoms with Crippen molar-refractivity contribution in [1.29, 1.82) is 0 Å². The number of benzene rings is 1. The fourth-order valence-corrected chi connectivity index (χ4v) is 3.65. The van der Waals surface area contributed by atoms with Crippen LogP contribution >= 0.6 is 0 Å². The van der Waals surface area contributed by atoms with E-state index in [2.05, 4.69) is 39.0 Å². The molecule has 0 aromatic heterocycles. The van der Waals surface area contributed by atoms with Gasteiger partial charge in [-0.3, -0.25) is 0 Å². The number of hydrogen-bond acceptors (Lipinski definition) is 2. The summed E-state index contributed by atoms with van der Waals surface area (Å²) in [6, 6.07) is 6.49. The Labute approximate surface area is 122 Å². The molecule has 20 heavy (non-hydrogen) atoms. The van der Waals surface area contributed by atoms with Gasteiger partial charge in [0.2, 0.25) is 0 Å². The van der Waals surface area contributed by atoms with Gasteiger partial charge < -0.3 is 10.5 Å². The highest BCUT2D eigenvalue weighted by Gasteiger charge is 2.38. The van der Waals surface area contributed by atoms with Gasteiger partial charge in [-0.2, -0.15) is 0 Å². The van der Waals surface area contributed by atoms with E-state index in [-0.39, 0.29) is 11.6 Å². The van der Waals surface area contributed by atoms with Gasteiger partial charge in [0.15, 0.2) is 0 Å². The van der Waals surface area contributed by atoms with Gasteiger partial charge in [-0.25, -0.2) is 0 Å². The monoisotopic (exact) mass is 273 g/mol. The molecule has 0 radical (unpaired) electrons. The molecule has 2 aliphatic rings. The van der Waals surface area contributed by atoms with Crippen molar-refractivity contribution in [3.63, 3.8) is 0 Å². The van der Waals surface area contributed by atoms with E-state index in [1.54, 1.807) is 0 Å². The lowest BCUT2D eigenvalue weighted by Gasteiger charge is -2.42. The minimum Gasteiger partial charge on any atom is -0.490 e. The lowest BCUT2D eigenvalue weighted by molar-refractivity contribution is 0.112. The lowest BCUT2D eigenvalue weighted by atomic mass is 9.68. The first kappa shape index (κ1) is 13.9. The van der Waals surface area contributed by atoms with Crippen molar-refractivity contribution in [2.24, 2.45) is 11.1 Å². The summed E-state index contributed by atoms with van der Waals surface area (Å²) in [6.45, 7) is 6.86. The van der Waals surface area contributed by atoms with Crippen LogP contribution in [0.2, 0.25) is 0 Å². The molecule has 1 aromatic rings. The fraction of sp³-hybridized carbons (Fsp3) is 0.667. The Bertz CT molecular complexity index is 496. The van der Waals surface area contributed by atoms with Crippen molar-refractivity contribution in [3.05, 3.63) is 29.3 Å². The molecular weight excluding hydrogens is 246 g/mol. The molecule has 1 aromatic carbocycles. The summed E-state index contributed by atoms with van der Waals surface area (Å²) >= 11 is 0. The molecule has 1 atom stereocenters. The van der Waals surface area contributed by atoms with E-state index in [9.17, 15) is 0 Å². The van der Waals surface area contributed by atoms with E-state index in [1.165, 1.54) is 24.0 Å². The van der Waals surface area contributed by atoms with Crippen molar-refractivity contribution in [2.45, 2.75) is 70.9 Å². The van der Waals surface area contributed by atoms with Gasteiger partial charge in [-0.05, 0) is 49.7 Å². The average Bonchev–Trinajstić information content (AvgIpc) is 2.75. The lowest BCUT2D eigenvalue weighted by Crippen LogP contribution is -2.48. The second-order valence-corrected chi connectivity index (χ2v) is 7.79. The third-order valence-corrected chi connectivity index (χ3v) is 5.19. The number of nitrogens with two attached hydrogens (primary N) is 1. The first-order valence-electron chi connectivity index (χ1n) is 7.90. The van der Waals surface area contributed by atoms with E-state index in [0.29, 0.717) is 5.41 Å². The molecule has 2 heteroatoms. The quantitative estimate of drug-likeness (QED) is 0.884. The Balaban J connectivity index is 1.63. The molecule has 1 aliphatic heterocycles. The molecule has 2 nitrogen and oxygen atoms in total. The van der Waals surface area contributed by atoms with E-state index in [1.807, 2.05) is 0 Å². The summed E-state index contributed by atoms with van der Waals surface area (Å²) in [5, 5.41) is 0. The van der Waals surface area contributed by atoms with Crippen LogP contribution in [0.5, 0.6) is 5.75 Å². The Morgan fingerprint density at radius 2 is 1.90 bits per heavy atom. The van der Waals surface area contributed by atoms with Crippen molar-refractivity contribution in [1.82, 2.24) is 0 Å². The number of rotatable bonds is 2. The SMILES string of the molecule is Cc1ccc2c(c1)CC(CC1(N)CCC(C)(C)CC1)O2. The predicted molar refractivity (Wildman–Crippen MR) is 83.1 cm³/mol. The Morgan fingerprint density at radius 3 is 2.60 bits per heavy atom. The largest absolute Gasteiger partial charge is 0.490 e. The summed E-state index contributed by atoms with van der Waals surface area (Å²) < 4.78 is 6.10. The van der Waals surface area contributed by atoms with E-state index in [4.69, 9.17) is 10.5 Å². The highest BCUT2D eigenvalue weighted by atomic mass is 16.5. The molecule has 1 fully saturated rings. The zero-order valence-corrected chi connectivity index (χ0v) is 13.0. The van der Waals surface area contributed by atoms with Crippen molar-refractivity contribution < 1.29 is 4.74 Å². The summed E-state index contributed by atoms with van der Waals surface area (Å²) in [5.74, 6) is 1.07. The molecule has 110 valence electrons. The fourth-order valence-electron chi connectivity index (χ4n) is 3.65. The van der Waals surface area contributed by atoms with Crippen molar-refractivity contribution >= 4 is 0 Å². The maximum Gasteiger partial charge on any atom is 0.123 e. The van der Waals surface area contributed by atoms with E-state index < -0.39 is 0 Å². The van der Waals surface area contributed by atoms with E-state index >= 15 is 0 Å². The molecule has 1 aliphatic carbocycles. The highest BCUT2D eigenvalue weighted by Crippen LogP contribution is 2.42. The molecular formula is C18H27NO. The number of aryl methyl sites for hydroxylation is 1. The van der Waals surface area contributed by atoms with Gasteiger partial charge in [-0.15, -0.1) is 0 Å². The van der Waals surface area contributed by atoms with Gasteiger partial charge in [0.05, 0.1) is 0 Å². The van der Waals surface area contributed by atoms with Crippen LogP contribution in [0.15, 0.2) is 18.2 Å². The van der Waals surface area contributed by atoms with Gasteiger partial charge in [0.25, 0.3) is 0 Å². The third-order valence-electron chi connectivity index (χ3n) is 5.19. The maximum absolute atomic E-state index is 6.64. The summed E-state index contributed by atoms with van der Waals surface area (Å²) in [4.78, 5) is 0. The number of hydrogen-bond donors (Lipinski definition) is 1. The molecule has 3 rings (SSSR count). The average molecular weight is 273 g/mol. The molecule has 0 bridgehead atoms. The maximum atomic E-state index is 6.64. The topological polar surface area (TPSA) is 35.2 Å². The Kier molecular flexibility index (Phi) is 3.32. The Hall–Kier alpha value is -1.02. The van der Waals surface area contributed by atoms with Gasteiger partial charge in [-0.1, -0.05) is 31.5 Å². The predicted octanol–water partition coefficient (Wildman–Crippen LogP) is 3.99. The molecule has 2 N–H and O–H groups in total. The highest BCUT2D eigenvalue weighted by molar-refractivity contribution is 5.40. The first-order chi connectivity index (χ1) is 9.35. The van der Waals surface area contributed by atoms with Crippen LogP contribution < -0.4 is 10.5 Å². The molecule has 0 saturated heterocycles. The second-order valence-electron chi connectivity index (χ2n) is 7.79. The van der Waals surface area contributed by atoms with E-state index in [0.717, 1.165) is 31.4 Å². The van der Waals surface area contributed by atoms with Crippen molar-refractivity contribution in [3.8, 4) is 5.75 Å². The molecule has 1 unspecified atom stereocenters. The summed E-state index contributed by atoms with van der Waals surface area (Å²) in [7, 11) is 0. The Morgan fingerprint density at radius 1 is 1.20 bits per heavy atom. The van der Waals surface area contributed by atoms with Crippen LogP contribution in [-0.2, 0) is 6.42 Å². The zero-order valence-electron chi connectivity index (χ0n) is 13.0. The zero-order chi connectivity index (χ0) is 14.4. The normalized spacial score (nSPS) is 26.9. The van der Waals surface area contributed by atoms with Crippen LogP contribution in [0.25, 0.3) is 0 Å². The molecule has 1 saturated carbocycles. The second kappa shape index (κ2) is 4.77.